The maximum Gasteiger partial charge on any atom is 0.321 e. The number of benzene rings is 3. The SMILES string of the molecule is Cc1ccc(NC(=O)N2CCC(OCC(O)Cc3ccc(NC(=O)N4CCC(N5CCN(CCc6ccc(NC(=O)N7CC[C@H](N(C)C)C7)cc6)CC5)CC4)cc3)CC2)cc1. The van der Waals surface area contributed by atoms with Crippen LogP contribution in [0.5, 0.6) is 0 Å². The van der Waals surface area contributed by atoms with Crippen molar-refractivity contribution in [2.45, 2.75) is 76.2 Å². The molecule has 0 aliphatic carbocycles. The van der Waals surface area contributed by atoms with Gasteiger partial charge in [-0.25, -0.2) is 14.4 Å². The van der Waals surface area contributed by atoms with E-state index >= 15 is 0 Å². The molecule has 0 aromatic heterocycles. The van der Waals surface area contributed by atoms with Crippen LogP contribution in [0.25, 0.3) is 0 Å². The van der Waals surface area contributed by atoms with Crippen LogP contribution in [0.4, 0.5) is 31.4 Å². The topological polar surface area (TPSA) is 136 Å². The number of nitrogens with one attached hydrogen (secondary N) is 3. The summed E-state index contributed by atoms with van der Waals surface area (Å²) in [6.07, 6.45) is 5.25. The summed E-state index contributed by atoms with van der Waals surface area (Å²) < 4.78 is 6.04. The normalized spacial score (nSPS) is 20.2. The third-order valence-corrected chi connectivity index (χ3v) is 13.0. The molecule has 61 heavy (non-hydrogen) atoms. The number of piperazine rings is 1. The van der Waals surface area contributed by atoms with Crippen molar-refractivity contribution < 1.29 is 24.2 Å². The summed E-state index contributed by atoms with van der Waals surface area (Å²) in [5, 5.41) is 19.8. The average molecular weight is 838 g/mol. The molecule has 4 aliphatic rings. The number of urea groups is 3. The standard InChI is InChI=1S/C47H67N9O5/c1-35-4-10-38(11-5-35)48-46(59)55-26-20-44(21-27-55)61-34-43(57)32-37-8-14-40(15-9-37)49-45(58)54-23-17-41(18-24-54)53-30-28-52(29-31-53)22-16-36-6-12-39(13-7-36)50-47(60)56-25-19-42(33-56)51(2)3/h4-15,41-44,57H,16-34H2,1-3H3,(H,48,59)(H,49,58)(H,50,60)/t42-,43?/m0/s1. The molecule has 7 rings (SSSR count). The number of hydrogen-bond acceptors (Lipinski definition) is 8. The highest BCUT2D eigenvalue weighted by atomic mass is 16.5. The van der Waals surface area contributed by atoms with Crippen LogP contribution >= 0.6 is 0 Å². The number of likely N-dealkylation sites (N-methyl/N-ethyl adjacent to an activating group) is 1. The van der Waals surface area contributed by atoms with Crippen molar-refractivity contribution in [1.82, 2.24) is 29.4 Å². The minimum absolute atomic E-state index is 0.0119. The quantitative estimate of drug-likeness (QED) is 0.174. The van der Waals surface area contributed by atoms with Crippen LogP contribution in [-0.4, -0.2) is 170 Å². The second-order valence-electron chi connectivity index (χ2n) is 17.6. The molecule has 14 nitrogen and oxygen atoms in total. The van der Waals surface area contributed by atoms with Gasteiger partial charge in [-0.2, -0.15) is 0 Å². The number of amides is 6. The van der Waals surface area contributed by atoms with Gasteiger partial charge < -0.3 is 50.3 Å². The summed E-state index contributed by atoms with van der Waals surface area (Å²) in [5.41, 5.74) is 5.78. The van der Waals surface area contributed by atoms with Crippen LogP contribution in [-0.2, 0) is 17.6 Å². The minimum Gasteiger partial charge on any atom is -0.390 e. The Morgan fingerprint density at radius 1 is 0.656 bits per heavy atom. The van der Waals surface area contributed by atoms with Gasteiger partial charge in [0.25, 0.3) is 0 Å². The van der Waals surface area contributed by atoms with Gasteiger partial charge in [-0.1, -0.05) is 42.0 Å². The highest BCUT2D eigenvalue weighted by molar-refractivity contribution is 5.90. The Balaban J connectivity index is 0.733. The molecule has 4 aliphatic heterocycles. The first-order valence-electron chi connectivity index (χ1n) is 22.4. The second-order valence-corrected chi connectivity index (χ2v) is 17.6. The fourth-order valence-electron chi connectivity index (χ4n) is 8.95. The molecule has 2 atom stereocenters. The predicted octanol–water partition coefficient (Wildman–Crippen LogP) is 5.64. The second kappa shape index (κ2) is 21.4. The lowest BCUT2D eigenvalue weighted by molar-refractivity contribution is -0.0296. The minimum atomic E-state index is -0.643. The summed E-state index contributed by atoms with van der Waals surface area (Å²) in [7, 11) is 4.14. The maximum atomic E-state index is 13.2. The maximum absolute atomic E-state index is 13.2. The average Bonchev–Trinajstić information content (AvgIpc) is 3.79. The number of carbonyl (C=O) groups is 3. The number of likely N-dealkylation sites (tertiary alicyclic amines) is 3. The van der Waals surface area contributed by atoms with Crippen molar-refractivity contribution >= 4 is 35.2 Å². The van der Waals surface area contributed by atoms with Gasteiger partial charge in [0.05, 0.1) is 18.8 Å². The van der Waals surface area contributed by atoms with E-state index in [0.29, 0.717) is 31.6 Å². The van der Waals surface area contributed by atoms with E-state index in [4.69, 9.17) is 4.74 Å². The molecule has 0 radical (unpaired) electrons. The number of nitrogens with zero attached hydrogens (tertiary/aromatic N) is 6. The van der Waals surface area contributed by atoms with Crippen molar-refractivity contribution in [2.75, 3.05) is 109 Å². The van der Waals surface area contributed by atoms with Crippen LogP contribution < -0.4 is 16.0 Å². The van der Waals surface area contributed by atoms with E-state index in [0.717, 1.165) is 126 Å². The molecule has 14 heteroatoms. The third kappa shape index (κ3) is 12.9. The van der Waals surface area contributed by atoms with Crippen molar-refractivity contribution in [2.24, 2.45) is 0 Å². The van der Waals surface area contributed by atoms with Gasteiger partial charge >= 0.3 is 18.1 Å². The Morgan fingerprint density at radius 3 is 1.69 bits per heavy atom. The van der Waals surface area contributed by atoms with E-state index in [-0.39, 0.29) is 30.8 Å². The van der Waals surface area contributed by atoms with E-state index in [1.165, 1.54) is 5.56 Å². The van der Waals surface area contributed by atoms with Gasteiger partial charge in [0, 0.05) is 108 Å². The zero-order valence-corrected chi connectivity index (χ0v) is 36.4. The summed E-state index contributed by atoms with van der Waals surface area (Å²) in [5.74, 6) is 0. The van der Waals surface area contributed by atoms with Gasteiger partial charge in [-0.05, 0) is 107 Å². The molecule has 4 saturated heterocycles. The van der Waals surface area contributed by atoms with Crippen molar-refractivity contribution in [3.05, 3.63) is 89.5 Å². The zero-order valence-electron chi connectivity index (χ0n) is 36.4. The van der Waals surface area contributed by atoms with E-state index in [1.54, 1.807) is 0 Å². The molecule has 4 N–H and O–H groups in total. The monoisotopic (exact) mass is 838 g/mol. The summed E-state index contributed by atoms with van der Waals surface area (Å²) in [6.45, 7) is 11.8. The highest BCUT2D eigenvalue weighted by Gasteiger charge is 2.30. The summed E-state index contributed by atoms with van der Waals surface area (Å²) >= 11 is 0. The number of aryl methyl sites for hydroxylation is 1. The van der Waals surface area contributed by atoms with Crippen LogP contribution in [0.15, 0.2) is 72.8 Å². The van der Waals surface area contributed by atoms with E-state index in [9.17, 15) is 19.5 Å². The lowest BCUT2D eigenvalue weighted by atomic mass is 10.0. The van der Waals surface area contributed by atoms with Crippen LogP contribution in [0, 0.1) is 6.92 Å². The molecule has 330 valence electrons. The van der Waals surface area contributed by atoms with Gasteiger partial charge in [-0.3, -0.25) is 4.90 Å². The smallest absolute Gasteiger partial charge is 0.321 e. The van der Waals surface area contributed by atoms with Gasteiger partial charge in [0.15, 0.2) is 0 Å². The van der Waals surface area contributed by atoms with Crippen LogP contribution in [0.3, 0.4) is 0 Å². The zero-order chi connectivity index (χ0) is 42.7. The predicted molar refractivity (Wildman–Crippen MR) is 241 cm³/mol. The summed E-state index contributed by atoms with van der Waals surface area (Å²) in [4.78, 5) is 51.5. The van der Waals surface area contributed by atoms with Crippen LogP contribution in [0.2, 0.25) is 0 Å². The van der Waals surface area contributed by atoms with Gasteiger partial charge in [0.1, 0.15) is 0 Å². The van der Waals surface area contributed by atoms with E-state index < -0.39 is 6.10 Å². The van der Waals surface area contributed by atoms with Crippen molar-refractivity contribution in [1.29, 1.82) is 0 Å². The Kier molecular flexibility index (Phi) is 15.5. The Bertz CT molecular complexity index is 1850. The number of hydrogen-bond donors (Lipinski definition) is 4. The molecular weight excluding hydrogens is 771 g/mol. The largest absolute Gasteiger partial charge is 0.390 e. The molecule has 1 unspecified atom stereocenters. The van der Waals surface area contributed by atoms with Crippen LogP contribution in [0.1, 0.15) is 48.8 Å². The number of ether oxygens (including phenoxy) is 1. The molecule has 3 aromatic carbocycles. The number of piperidine rings is 2. The first-order chi connectivity index (χ1) is 29.5. The fraction of sp³-hybridized carbons (Fsp3) is 0.553. The lowest BCUT2D eigenvalue weighted by Crippen LogP contribution is -2.54. The molecule has 0 spiro atoms. The number of aliphatic hydroxyl groups excluding tert-OH is 1. The van der Waals surface area contributed by atoms with Crippen molar-refractivity contribution in [3.8, 4) is 0 Å². The Morgan fingerprint density at radius 2 is 1.15 bits per heavy atom. The van der Waals surface area contributed by atoms with E-state index in [2.05, 4.69) is 56.9 Å². The molecule has 4 fully saturated rings. The molecular formula is C47H67N9O5. The number of carbonyl (C=O) groups excluding carboxylic acids is 3. The molecule has 0 saturated carbocycles. The number of anilines is 3. The number of rotatable bonds is 13. The van der Waals surface area contributed by atoms with E-state index in [1.807, 2.05) is 82.3 Å². The Hall–Kier alpha value is -4.73. The van der Waals surface area contributed by atoms with Crippen molar-refractivity contribution in [3.63, 3.8) is 0 Å². The molecule has 3 aromatic rings. The molecule has 0 bridgehead atoms. The summed E-state index contributed by atoms with van der Waals surface area (Å²) in [6, 6.07) is 24.5. The first-order valence-corrected chi connectivity index (χ1v) is 22.4. The lowest BCUT2D eigenvalue weighted by Gasteiger charge is -2.42. The fourth-order valence-corrected chi connectivity index (χ4v) is 8.95. The third-order valence-electron chi connectivity index (χ3n) is 13.0. The van der Waals surface area contributed by atoms with Gasteiger partial charge in [0.2, 0.25) is 0 Å². The molecule has 6 amide bonds. The Labute approximate surface area is 362 Å². The number of aliphatic hydroxyl groups is 1. The molecule has 4 heterocycles. The van der Waals surface area contributed by atoms with Gasteiger partial charge in [-0.15, -0.1) is 0 Å². The first kappa shape index (κ1) is 44.3. The highest BCUT2D eigenvalue weighted by Crippen LogP contribution is 2.22.